The van der Waals surface area contributed by atoms with Crippen molar-refractivity contribution in [1.29, 1.82) is 0 Å². The smallest absolute Gasteiger partial charge is 0.0812 e. The van der Waals surface area contributed by atoms with Crippen LogP contribution in [0.2, 0.25) is 0 Å². The Morgan fingerprint density at radius 3 is 0.290 bits per heavy atom. The van der Waals surface area contributed by atoms with Crippen LogP contribution in [0.1, 0.15) is 499 Å². The molecule has 9 aliphatic heterocycles. The number of likely N-dealkylation sites (N-methyl/N-ethyl adjacent to an activating group) is 6. The Morgan fingerprint density at radius 1 is 0.107 bits per heavy atom. The molecule has 0 aromatic rings. The number of hydrogen-bond donors (Lipinski definition) is 0. The van der Waals surface area contributed by atoms with Crippen LogP contribution in [0.4, 0.5) is 0 Å². The minimum atomic E-state index is -0.138. The summed E-state index contributed by atoms with van der Waals surface area (Å²) in [5.41, 5.74) is 3.08. The first-order chi connectivity index (χ1) is 55.4. The van der Waals surface area contributed by atoms with Crippen molar-refractivity contribution >= 4 is 35.3 Å². The van der Waals surface area contributed by atoms with E-state index >= 15 is 0 Å². The fraction of sp³-hybridized carbons (Fsp3) is 1.00. The van der Waals surface area contributed by atoms with Crippen molar-refractivity contribution in [2.75, 3.05) is 56.4 Å². The van der Waals surface area contributed by atoms with Gasteiger partial charge in [0.1, 0.15) is 0 Å². The van der Waals surface area contributed by atoms with Gasteiger partial charge in [0.2, 0.25) is 0 Å². The molecule has 0 N–H and O–H groups in total. The third kappa shape index (κ3) is 20.1. The van der Waals surface area contributed by atoms with Crippen molar-refractivity contribution in [2.24, 2.45) is 32.5 Å². The van der Waals surface area contributed by atoms with E-state index < -0.39 is 0 Å². The zero-order valence-electron chi connectivity index (χ0n) is 104. The summed E-state index contributed by atoms with van der Waals surface area (Å²) >= 11 is 6.38. The van der Waals surface area contributed by atoms with Gasteiger partial charge in [0.15, 0.2) is 0 Å². The summed E-state index contributed by atoms with van der Waals surface area (Å²) in [7, 11) is 18.0. The largest absolute Gasteiger partial charge is 0.369 e. The fourth-order valence-corrected chi connectivity index (χ4v) is 29.2. The molecule has 9 saturated heterocycles. The second-order valence-corrected chi connectivity index (χ2v) is 67.8. The Morgan fingerprint density at radius 2 is 0.198 bits per heavy atom. The average molecular weight is 1910 g/mol. The molecule has 786 valence electrons. The van der Waals surface area contributed by atoms with E-state index in [0.717, 1.165) is 0 Å². The number of thioether (sulfide) groups is 3. The molecule has 0 radical (unpaired) electrons. The molecule has 0 aromatic carbocycles. The molecule has 0 bridgehead atoms. The van der Waals surface area contributed by atoms with Gasteiger partial charge in [-0.05, 0) is 455 Å². The summed E-state index contributed by atoms with van der Waals surface area (Å²) in [6.07, 6.45) is 0. The lowest BCUT2D eigenvalue weighted by atomic mass is 9.57. The van der Waals surface area contributed by atoms with Gasteiger partial charge in [0.05, 0.1) is 44.8 Å². The van der Waals surface area contributed by atoms with Gasteiger partial charge in [0, 0.05) is 139 Å². The van der Waals surface area contributed by atoms with Gasteiger partial charge in [-0.25, -0.2) is 0 Å². The van der Waals surface area contributed by atoms with Gasteiger partial charge in [0.25, 0.3) is 0 Å². The summed E-state index contributed by atoms with van der Waals surface area (Å²) in [6.45, 7) is 166. The van der Waals surface area contributed by atoms with Crippen molar-refractivity contribution in [1.82, 2.24) is 39.2 Å². The molecule has 9 rings (SSSR count). The molecule has 0 saturated carbocycles. The van der Waals surface area contributed by atoms with E-state index in [-0.39, 0.29) is 174 Å². The van der Waals surface area contributed by atoms with Crippen LogP contribution < -0.4 is 0 Å². The van der Waals surface area contributed by atoms with Gasteiger partial charge in [-0.15, -0.1) is 35.3 Å². The number of ether oxygens (including phenoxy) is 4. The zero-order valence-corrected chi connectivity index (χ0v) is 107. The van der Waals surface area contributed by atoms with Gasteiger partial charge in [-0.1, -0.05) is 111 Å². The van der Waals surface area contributed by atoms with Crippen LogP contribution in [0.5, 0.6) is 0 Å². The lowest BCUT2D eigenvalue weighted by Crippen LogP contribution is -2.82. The molecular weight excluding hydrogens is 1670 g/mol. The third-order valence-corrected chi connectivity index (χ3v) is 54.6. The Labute approximate surface area is 837 Å². The van der Waals surface area contributed by atoms with Crippen molar-refractivity contribution in [2.45, 2.75) is 660 Å². The SMILES string of the molecule is CC1(C)OC(C)(C)C(C)(C)C1(C)C.CC1(C)OC(C)(C)C(C)(C)C1(C)C.CC1(C)SC(C)(C)C(C)(C)C1(C)C.CN1C(C)(C)C(C)(C)N(C)C(C)(C)C1(C)C.CN1C(C)(C)C(C)(C)N(C)C(C)(C)C1(C)C.CN1C(C)(C)C(C)(C)OC(C)(C)C1(C)C.CN1C(C)(C)C(C)(C)OC(C)(C)C1(C)C.CN1C(C)(C)C(C)(C)SC(C)(C)C1(C)C.CN1C(C)(C)C(C)(C)SC(C)(C)C1(C)C. The molecule has 0 atom stereocenters. The monoisotopic (exact) mass is 1910 g/mol. The second-order valence-electron chi connectivity index (χ2n) is 61.0. The predicted molar refractivity (Wildman–Crippen MR) is 594 cm³/mol. The molecule has 0 aliphatic carbocycles. The molecule has 0 spiro atoms. The number of nitrogens with zero attached hydrogens (tertiary/aromatic N) is 8. The number of hydrogen-bond acceptors (Lipinski definition) is 15. The van der Waals surface area contributed by atoms with Gasteiger partial charge < -0.3 is 18.9 Å². The maximum atomic E-state index is 6.32. The fourth-order valence-electron chi connectivity index (χ4n) is 22.8. The van der Waals surface area contributed by atoms with Crippen molar-refractivity contribution < 1.29 is 18.9 Å². The van der Waals surface area contributed by atoms with Crippen molar-refractivity contribution in [3.63, 3.8) is 0 Å². The van der Waals surface area contributed by atoms with Crippen LogP contribution in [0, 0.1) is 32.5 Å². The minimum Gasteiger partial charge on any atom is -0.369 e. The van der Waals surface area contributed by atoms with Gasteiger partial charge in [-0.2, -0.15) is 0 Å². The average Bonchev–Trinajstić information content (AvgIpc) is 1.68. The number of morpholine rings is 2. The highest BCUT2D eigenvalue weighted by atomic mass is 32.2. The second kappa shape index (κ2) is 35.8. The van der Waals surface area contributed by atoms with E-state index in [1.165, 1.54) is 0 Å². The van der Waals surface area contributed by atoms with E-state index in [1.54, 1.807) is 0 Å². The number of piperazine rings is 2. The molecule has 0 amide bonds. The van der Waals surface area contributed by atoms with Crippen molar-refractivity contribution in [3.05, 3.63) is 0 Å². The predicted octanol–water partition coefficient (Wildman–Crippen LogP) is 31.2. The first-order valence-electron chi connectivity index (χ1n) is 51.3. The summed E-state index contributed by atoms with van der Waals surface area (Å²) in [4.78, 5) is 20.2. The maximum Gasteiger partial charge on any atom is 0.0812 e. The molecular formula is C116H240N8O4S3. The molecule has 12 nitrogen and oxygen atoms in total. The Bertz CT molecular complexity index is 3180. The Hall–Kier alpha value is 0.570. The standard InChI is InChI=1S/2C14H30N2.2C13H27NO.2C13H27NS.2C12H24O.C12H24S/c2*1-11(2)12(3,4)16(10)14(7,8)13(5,6)15(11)9;4*1-10(2)12(5,6)15-13(7,8)11(3,4)14(10)9;3*1-9(2)10(3,4)12(7,8)13-11(9,5)6/h2*1-10H3;4*1-9H3;3*1-8H3. The normalized spacial score (nSPS) is 32.8. The molecule has 131 heavy (non-hydrogen) atoms. The summed E-state index contributed by atoms with van der Waals surface area (Å²) in [5.74, 6) is 0. The van der Waals surface area contributed by atoms with E-state index in [2.05, 4.69) is 629 Å². The van der Waals surface area contributed by atoms with E-state index in [1.807, 2.05) is 0 Å². The Kier molecular flexibility index (Phi) is 35.4. The Balaban J connectivity index is 0.000000738. The van der Waals surface area contributed by atoms with Crippen LogP contribution in [-0.4, -0.2) is 257 Å². The van der Waals surface area contributed by atoms with Gasteiger partial charge >= 0.3 is 0 Å². The zero-order chi connectivity index (χ0) is 108. The van der Waals surface area contributed by atoms with Gasteiger partial charge in [-0.3, -0.25) is 39.2 Å². The molecule has 15 heteroatoms. The van der Waals surface area contributed by atoms with Crippen LogP contribution in [0.15, 0.2) is 0 Å². The quantitative estimate of drug-likeness (QED) is 0.231. The molecule has 9 heterocycles. The first kappa shape index (κ1) is 130. The number of rotatable bonds is 0. The van der Waals surface area contributed by atoms with Crippen LogP contribution in [0.3, 0.4) is 0 Å². The third-order valence-electron chi connectivity index (χ3n) is 48.5. The van der Waals surface area contributed by atoms with Crippen molar-refractivity contribution in [3.8, 4) is 0 Å². The maximum absolute atomic E-state index is 6.32. The van der Waals surface area contributed by atoms with Crippen LogP contribution >= 0.6 is 35.3 Å². The highest BCUT2D eigenvalue weighted by Crippen LogP contribution is 2.71. The van der Waals surface area contributed by atoms with E-state index in [9.17, 15) is 0 Å². The van der Waals surface area contributed by atoms with Crippen LogP contribution in [-0.2, 0) is 18.9 Å². The summed E-state index contributed by atoms with van der Waals surface area (Å²) in [5, 5.41) is 0. The lowest BCUT2D eigenvalue weighted by Gasteiger charge is -2.70. The summed E-state index contributed by atoms with van der Waals surface area (Å²) < 4.78 is 26.8. The lowest BCUT2D eigenvalue weighted by molar-refractivity contribution is -0.285. The summed E-state index contributed by atoms with van der Waals surface area (Å²) in [6, 6.07) is 0. The van der Waals surface area contributed by atoms with E-state index in [4.69, 9.17) is 18.9 Å². The highest BCUT2D eigenvalue weighted by Gasteiger charge is 2.70. The first-order valence-corrected chi connectivity index (χ1v) is 53.7. The molecule has 0 unspecified atom stereocenters. The molecule has 0 aromatic heterocycles. The molecule has 9 fully saturated rings. The minimum absolute atomic E-state index is 0.0337. The molecule has 9 aliphatic rings. The highest BCUT2D eigenvalue weighted by molar-refractivity contribution is 8.02. The van der Waals surface area contributed by atoms with Crippen LogP contribution in [0.25, 0.3) is 0 Å². The topological polar surface area (TPSA) is 62.8 Å². The van der Waals surface area contributed by atoms with E-state index in [0.29, 0.717) is 20.3 Å².